The van der Waals surface area contributed by atoms with Crippen LogP contribution in [0.2, 0.25) is 0 Å². The van der Waals surface area contributed by atoms with Crippen LogP contribution in [0, 0.1) is 0 Å². The van der Waals surface area contributed by atoms with Gasteiger partial charge in [0.05, 0.1) is 44.2 Å². The van der Waals surface area contributed by atoms with Crippen molar-refractivity contribution in [3.8, 4) is 11.5 Å². The van der Waals surface area contributed by atoms with Crippen molar-refractivity contribution >= 4 is 58.6 Å². The summed E-state index contributed by atoms with van der Waals surface area (Å²) >= 11 is 0. The van der Waals surface area contributed by atoms with Crippen LogP contribution >= 0.6 is 23.5 Å². The first kappa shape index (κ1) is 78.2. The van der Waals surface area contributed by atoms with Crippen LogP contribution < -0.4 is 42.5 Å². The van der Waals surface area contributed by atoms with Gasteiger partial charge in [-0.05, 0) is 164 Å². The van der Waals surface area contributed by atoms with Crippen LogP contribution in [-0.4, -0.2) is 151 Å². The van der Waals surface area contributed by atoms with Gasteiger partial charge < -0.3 is 39.6 Å². The van der Waals surface area contributed by atoms with E-state index in [9.17, 15) is 42.5 Å². The highest BCUT2D eigenvalue weighted by molar-refractivity contribution is 7.49. The molecule has 14 atom stereocenters. The lowest BCUT2D eigenvalue weighted by atomic mass is 10.0. The Kier molecular flexibility index (Phi) is 22.0. The average molecular weight is 1580 g/mol. The Hall–Kier alpha value is -7.90. The Morgan fingerprint density at radius 2 is 0.815 bits per heavy atom. The molecule has 9 aliphatic rings. The molecule has 0 radical (unpaired) electrons. The van der Waals surface area contributed by atoms with Gasteiger partial charge in [-0.3, -0.25) is 68.8 Å². The van der Waals surface area contributed by atoms with E-state index in [2.05, 4.69) is 30.9 Å². The number of hydrogen-bond acceptors (Lipinski definition) is 26. The molecule has 0 spiro atoms. The molecule has 6 aromatic rings. The highest BCUT2D eigenvalue weighted by Gasteiger charge is 2.68. The molecular weight excluding hydrogens is 1510 g/mol. The number of carbonyl (C=O) groups excluding carboxylic acids is 3. The number of aryl methyl sites for hydroxylation is 3. The second kappa shape index (κ2) is 30.4. The molecule has 1 aliphatic carbocycles. The third-order valence-corrected chi connectivity index (χ3v) is 22.9. The molecule has 8 aliphatic heterocycles. The van der Waals surface area contributed by atoms with E-state index in [1.54, 1.807) is 90.1 Å². The van der Waals surface area contributed by atoms with E-state index in [0.29, 0.717) is 36.3 Å². The Labute approximate surface area is 610 Å². The first-order valence-electron chi connectivity index (χ1n) is 34.3. The molecular formula is C67H74F6N9O23P3. The first-order chi connectivity index (χ1) is 51.0. The molecule has 11 heterocycles. The summed E-state index contributed by atoms with van der Waals surface area (Å²) in [6.45, 7) is 11.8. The van der Waals surface area contributed by atoms with Crippen molar-refractivity contribution in [2.45, 2.75) is 198 Å². The third kappa shape index (κ3) is 16.5. The topological polar surface area (TPSA) is 372 Å². The number of fused-ring (bicyclic) bond motifs is 6. The van der Waals surface area contributed by atoms with Crippen LogP contribution in [0.5, 0.6) is 11.5 Å². The van der Waals surface area contributed by atoms with E-state index in [1.807, 2.05) is 19.9 Å². The predicted molar refractivity (Wildman–Crippen MR) is 363 cm³/mol. The highest BCUT2D eigenvalue weighted by atomic mass is 31.2. The zero-order valence-electron chi connectivity index (χ0n) is 58.8. The van der Waals surface area contributed by atoms with E-state index in [-0.39, 0.29) is 35.2 Å². The molecule has 41 heteroatoms. The van der Waals surface area contributed by atoms with E-state index < -0.39 is 169 Å². The van der Waals surface area contributed by atoms with E-state index in [0.717, 1.165) is 73.8 Å². The largest absolute Gasteiger partial charge is 0.490 e. The molecule has 582 valence electrons. The van der Waals surface area contributed by atoms with Crippen molar-refractivity contribution in [3.05, 3.63) is 162 Å². The zero-order valence-corrected chi connectivity index (χ0v) is 61.5. The summed E-state index contributed by atoms with van der Waals surface area (Å²) < 4.78 is 203. The molecule has 3 N–H and O–H groups in total. The van der Waals surface area contributed by atoms with E-state index >= 15 is 26.3 Å². The minimum atomic E-state index is -4.23. The van der Waals surface area contributed by atoms with Crippen LogP contribution in [-0.2, 0) is 94.3 Å². The average Bonchev–Trinajstić information content (AvgIpc) is 1.60. The summed E-state index contributed by atoms with van der Waals surface area (Å²) in [4.78, 5) is 86.9. The van der Waals surface area contributed by atoms with Gasteiger partial charge in [0.2, 0.25) is 18.7 Å². The Morgan fingerprint density at radius 1 is 0.472 bits per heavy atom. The molecule has 6 fully saturated rings. The van der Waals surface area contributed by atoms with Crippen LogP contribution in [0.25, 0.3) is 0 Å². The number of phosphoric ester groups is 3. The highest BCUT2D eigenvalue weighted by Crippen LogP contribution is 2.63. The number of aromatic nitrogens is 6. The molecule has 108 heavy (non-hydrogen) atoms. The molecule has 3 aromatic heterocycles. The number of carbonyl (C=O) groups is 3. The Morgan fingerprint density at radius 3 is 1.19 bits per heavy atom. The molecule has 15 rings (SSSR count). The van der Waals surface area contributed by atoms with Crippen molar-refractivity contribution in [3.63, 3.8) is 0 Å². The Balaban J connectivity index is 0.000000143. The number of alkyl halides is 6. The van der Waals surface area contributed by atoms with Crippen molar-refractivity contribution in [2.75, 3.05) is 35.8 Å². The lowest BCUT2D eigenvalue weighted by Gasteiger charge is -2.32. The molecule has 6 saturated heterocycles. The van der Waals surface area contributed by atoms with Crippen LogP contribution in [0.15, 0.2) is 106 Å². The molecule has 8 unspecified atom stereocenters. The number of halogens is 6. The van der Waals surface area contributed by atoms with Crippen molar-refractivity contribution in [1.29, 1.82) is 0 Å². The molecule has 0 saturated carbocycles. The maximum absolute atomic E-state index is 15.2. The lowest BCUT2D eigenvalue weighted by Crippen LogP contribution is -2.45. The van der Waals surface area contributed by atoms with Gasteiger partial charge in [-0.1, -0.05) is 18.2 Å². The van der Waals surface area contributed by atoms with Crippen molar-refractivity contribution in [1.82, 2.24) is 28.7 Å². The SMILES string of the molecule is CC(C)OP1(=O)OC[C@H]2OC(n3ccc(NC(=O)c4ccc5c(c4)CCC5)nc3=O)C(F)(F)[C@@H]2O1.CC(C)OP1(=O)OC[C@H]2OC(n3ccc(NC(=O)c4ccc5c(c4)OC(C)C5)nc3=O)C(F)(F)[C@@H]2O1.CC(C)OP1(=O)OC[C@H]2OC(n3ccc(NC(=O)c4ccc5c(c4)OC(C)CC5)nc3=O)C(F)(F)[C@@H]2O1. The summed E-state index contributed by atoms with van der Waals surface area (Å²) in [6.07, 6.45) is -9.25. The number of phosphoric acid groups is 3. The fourth-order valence-corrected chi connectivity index (χ4v) is 17.8. The van der Waals surface area contributed by atoms with Crippen molar-refractivity contribution in [2.24, 2.45) is 0 Å². The van der Waals surface area contributed by atoms with Gasteiger partial charge in [-0.2, -0.15) is 41.3 Å². The molecule has 3 amide bonds. The second-order valence-corrected chi connectivity index (χ2v) is 32.0. The van der Waals surface area contributed by atoms with Crippen LogP contribution in [0.3, 0.4) is 0 Å². The van der Waals surface area contributed by atoms with Gasteiger partial charge in [-0.15, -0.1) is 0 Å². The lowest BCUT2D eigenvalue weighted by molar-refractivity contribution is -0.139. The molecule has 0 bridgehead atoms. The number of hydrogen-bond donors (Lipinski definition) is 3. The quantitative estimate of drug-likeness (QED) is 0.0635. The Bertz CT molecular complexity index is 4820. The van der Waals surface area contributed by atoms with Gasteiger partial charge in [0.1, 0.15) is 53.4 Å². The normalized spacial score (nSPS) is 30.0. The first-order valence-corrected chi connectivity index (χ1v) is 38.7. The molecule has 3 aromatic carbocycles. The fourth-order valence-electron chi connectivity index (χ4n) is 13.1. The standard InChI is InChI=1S/C23H26F2N3O8P.C22H24F2N3O8P.C22H24F2N3O7P/c1-12(2)35-37(31)32-11-17-19(36-37)23(24,25)21(34-17)28-9-8-18(27-22(28)30)26-20(29)15-7-6-14-5-4-13(3)33-16(14)10-15;1-11(2)34-36(30)31-10-16-18(35-36)22(23,24)20(33-16)27-7-6-17(26-21(27)29)25-19(28)14-5-4-13-8-12(3)32-15(13)9-14;1-12(2)33-35(30)31-11-16-18(34-35)22(23,24)20(32-16)27-9-8-17(26-21(27)29)25-19(28)15-7-6-13-4-3-5-14(13)10-15/h6-10,12-13,17,19,21H,4-5,11H2,1-3H3,(H,26,27,29,30);4-7,9,11-12,16,18,20H,8,10H2,1-3H3,(H,25,26,28,29);6-10,12,16,18,20H,3-5,11H2,1-2H3,(H,25,26,28,29)/t13?,17-,19-,21?,37?;12?,16-,18-,20?,36?;16-,18-,20?,35?/m111/s1. The van der Waals surface area contributed by atoms with Crippen LogP contribution in [0.1, 0.15) is 140 Å². The fraction of sp³-hybridized carbons (Fsp3) is 0.507. The number of benzene rings is 3. The zero-order chi connectivity index (χ0) is 77.3. The van der Waals surface area contributed by atoms with Crippen molar-refractivity contribution < 1.29 is 119 Å². The summed E-state index contributed by atoms with van der Waals surface area (Å²) in [5.41, 5.74) is 2.04. The van der Waals surface area contributed by atoms with Gasteiger partial charge >= 0.3 is 58.3 Å². The van der Waals surface area contributed by atoms with Gasteiger partial charge in [0.25, 0.3) is 17.7 Å². The maximum atomic E-state index is 15.2. The maximum Gasteiger partial charge on any atom is 0.475 e. The number of anilines is 3. The summed E-state index contributed by atoms with van der Waals surface area (Å²) in [5.74, 6) is -12.0. The second-order valence-electron chi connectivity index (χ2n) is 27.3. The smallest absolute Gasteiger partial charge is 0.475 e. The summed E-state index contributed by atoms with van der Waals surface area (Å²) in [7, 11) is -12.7. The number of ether oxygens (including phenoxy) is 5. The monoisotopic (exact) mass is 1580 g/mol. The van der Waals surface area contributed by atoms with Gasteiger partial charge in [0, 0.05) is 41.7 Å². The van der Waals surface area contributed by atoms with E-state index in [1.165, 1.54) is 23.8 Å². The number of nitrogens with one attached hydrogen (secondary N) is 3. The number of rotatable bonds is 15. The third-order valence-electron chi connectivity index (χ3n) is 18.0. The number of amides is 3. The predicted octanol–water partition coefficient (Wildman–Crippen LogP) is 10.5. The summed E-state index contributed by atoms with van der Waals surface area (Å²) in [6, 6.07) is 19.0. The van der Waals surface area contributed by atoms with Gasteiger partial charge in [0.15, 0.2) is 18.3 Å². The minimum Gasteiger partial charge on any atom is -0.490 e. The van der Waals surface area contributed by atoms with Gasteiger partial charge in [-0.25, -0.2) is 28.1 Å². The molecule has 32 nitrogen and oxygen atoms in total. The van der Waals surface area contributed by atoms with E-state index in [4.69, 9.17) is 64.4 Å². The number of nitrogens with zero attached hydrogens (tertiary/aromatic N) is 6. The minimum absolute atomic E-state index is 0.0129. The van der Waals surface area contributed by atoms with Crippen LogP contribution in [0.4, 0.5) is 43.8 Å². The summed E-state index contributed by atoms with van der Waals surface area (Å²) in [5, 5.41) is 7.48.